The fourth-order valence-electron chi connectivity index (χ4n) is 1.30. The lowest BCUT2D eigenvalue weighted by Crippen LogP contribution is -2.24. The van der Waals surface area contributed by atoms with E-state index in [-0.39, 0.29) is 17.1 Å². The second kappa shape index (κ2) is 6.29. The number of hydrogen-bond donors (Lipinski definition) is 1. The Morgan fingerprint density at radius 1 is 1.50 bits per heavy atom. The van der Waals surface area contributed by atoms with E-state index in [4.69, 9.17) is 0 Å². The average Bonchev–Trinajstić information content (AvgIpc) is 2.72. The van der Waals surface area contributed by atoms with Gasteiger partial charge in [-0.25, -0.2) is 4.98 Å². The first-order chi connectivity index (χ1) is 8.30. The SMILES string of the molecule is CC(C)NCCCC(=O)c1cnc(C(F)(F)F)s1. The maximum absolute atomic E-state index is 12.3. The maximum atomic E-state index is 12.3. The highest BCUT2D eigenvalue weighted by atomic mass is 32.1. The Hall–Kier alpha value is -0.950. The molecule has 0 saturated heterocycles. The summed E-state index contributed by atoms with van der Waals surface area (Å²) in [6.07, 6.45) is -2.62. The van der Waals surface area contributed by atoms with Gasteiger partial charge in [-0.05, 0) is 13.0 Å². The molecule has 102 valence electrons. The maximum Gasteiger partial charge on any atom is 0.443 e. The molecule has 3 nitrogen and oxygen atoms in total. The fourth-order valence-corrected chi connectivity index (χ4v) is 2.05. The number of nitrogens with zero attached hydrogens (tertiary/aromatic N) is 1. The van der Waals surface area contributed by atoms with E-state index >= 15 is 0 Å². The summed E-state index contributed by atoms with van der Waals surface area (Å²) < 4.78 is 36.9. The summed E-state index contributed by atoms with van der Waals surface area (Å²) in [5, 5.41) is 2.17. The Morgan fingerprint density at radius 2 is 2.17 bits per heavy atom. The number of rotatable bonds is 6. The molecule has 18 heavy (non-hydrogen) atoms. The number of thiazole rings is 1. The summed E-state index contributed by atoms with van der Waals surface area (Å²) in [5.74, 6) is -0.284. The molecule has 0 fully saturated rings. The minimum Gasteiger partial charge on any atom is -0.315 e. The van der Waals surface area contributed by atoms with Crippen molar-refractivity contribution in [3.05, 3.63) is 16.1 Å². The number of hydrogen-bond acceptors (Lipinski definition) is 4. The molecule has 0 radical (unpaired) electrons. The van der Waals surface area contributed by atoms with E-state index in [1.807, 2.05) is 13.8 Å². The summed E-state index contributed by atoms with van der Waals surface area (Å²) >= 11 is 0.406. The molecule has 0 aliphatic carbocycles. The Kier molecular flexibility index (Phi) is 5.28. The lowest BCUT2D eigenvalue weighted by molar-refractivity contribution is -0.137. The van der Waals surface area contributed by atoms with Gasteiger partial charge in [0.1, 0.15) is 0 Å². The van der Waals surface area contributed by atoms with Crippen molar-refractivity contribution in [1.29, 1.82) is 0 Å². The number of carbonyl (C=O) groups is 1. The van der Waals surface area contributed by atoms with E-state index in [0.29, 0.717) is 30.3 Å². The van der Waals surface area contributed by atoms with Crippen LogP contribution in [0, 0.1) is 0 Å². The number of halogens is 3. The van der Waals surface area contributed by atoms with Crippen LogP contribution in [0.1, 0.15) is 41.4 Å². The van der Waals surface area contributed by atoms with Crippen molar-refractivity contribution in [3.8, 4) is 0 Å². The average molecular weight is 280 g/mol. The van der Waals surface area contributed by atoms with Gasteiger partial charge in [0.2, 0.25) is 0 Å². The van der Waals surface area contributed by atoms with Gasteiger partial charge in [-0.2, -0.15) is 13.2 Å². The van der Waals surface area contributed by atoms with Crippen molar-refractivity contribution in [3.63, 3.8) is 0 Å². The van der Waals surface area contributed by atoms with Crippen LogP contribution in [-0.4, -0.2) is 23.4 Å². The van der Waals surface area contributed by atoms with Gasteiger partial charge in [-0.1, -0.05) is 13.8 Å². The Balaban J connectivity index is 2.45. The Morgan fingerprint density at radius 3 is 2.67 bits per heavy atom. The van der Waals surface area contributed by atoms with Crippen molar-refractivity contribution >= 4 is 17.1 Å². The summed E-state index contributed by atoms with van der Waals surface area (Å²) in [6.45, 7) is 4.65. The van der Waals surface area contributed by atoms with Crippen LogP contribution in [0.2, 0.25) is 0 Å². The van der Waals surface area contributed by atoms with Crippen LogP contribution in [0.3, 0.4) is 0 Å². The van der Waals surface area contributed by atoms with Crippen molar-refractivity contribution in [2.24, 2.45) is 0 Å². The zero-order valence-electron chi connectivity index (χ0n) is 10.2. The van der Waals surface area contributed by atoms with Gasteiger partial charge in [0.05, 0.1) is 4.88 Å². The molecule has 1 heterocycles. The van der Waals surface area contributed by atoms with E-state index in [9.17, 15) is 18.0 Å². The van der Waals surface area contributed by atoms with Gasteiger partial charge in [-0.15, -0.1) is 11.3 Å². The van der Waals surface area contributed by atoms with Crippen LogP contribution in [0.25, 0.3) is 0 Å². The van der Waals surface area contributed by atoms with Gasteiger partial charge in [-0.3, -0.25) is 4.79 Å². The first-order valence-electron chi connectivity index (χ1n) is 5.60. The molecule has 0 amide bonds. The summed E-state index contributed by atoms with van der Waals surface area (Å²) in [7, 11) is 0. The van der Waals surface area contributed by atoms with Crippen molar-refractivity contribution < 1.29 is 18.0 Å². The zero-order valence-corrected chi connectivity index (χ0v) is 11.0. The second-order valence-electron chi connectivity index (χ2n) is 4.16. The minimum atomic E-state index is -4.47. The number of alkyl halides is 3. The molecule has 1 rings (SSSR count). The third-order valence-corrected chi connectivity index (χ3v) is 3.24. The summed E-state index contributed by atoms with van der Waals surface area (Å²) in [5.41, 5.74) is 0. The molecule has 0 aliphatic heterocycles. The van der Waals surface area contributed by atoms with E-state index in [2.05, 4.69) is 10.3 Å². The molecule has 1 aromatic rings. The monoisotopic (exact) mass is 280 g/mol. The zero-order chi connectivity index (χ0) is 13.8. The third kappa shape index (κ3) is 4.73. The highest BCUT2D eigenvalue weighted by molar-refractivity contribution is 7.13. The van der Waals surface area contributed by atoms with Gasteiger partial charge in [0.15, 0.2) is 10.8 Å². The smallest absolute Gasteiger partial charge is 0.315 e. The number of aromatic nitrogens is 1. The summed E-state index contributed by atoms with van der Waals surface area (Å²) in [6, 6.07) is 0.334. The first kappa shape index (κ1) is 15.1. The molecular weight excluding hydrogens is 265 g/mol. The predicted octanol–water partition coefficient (Wildman–Crippen LogP) is 3.12. The number of ketones is 1. The van der Waals surface area contributed by atoms with E-state index in [1.165, 1.54) is 0 Å². The molecule has 0 aromatic carbocycles. The van der Waals surface area contributed by atoms with Gasteiger partial charge >= 0.3 is 6.18 Å². The van der Waals surface area contributed by atoms with Crippen LogP contribution in [0.4, 0.5) is 13.2 Å². The van der Waals surface area contributed by atoms with Crippen LogP contribution < -0.4 is 5.32 Å². The normalized spacial score (nSPS) is 12.1. The highest BCUT2D eigenvalue weighted by Gasteiger charge is 2.35. The largest absolute Gasteiger partial charge is 0.443 e. The quantitative estimate of drug-likeness (QED) is 0.643. The van der Waals surface area contributed by atoms with E-state index in [0.717, 1.165) is 6.20 Å². The second-order valence-corrected chi connectivity index (χ2v) is 5.19. The molecule has 1 N–H and O–H groups in total. The van der Waals surface area contributed by atoms with E-state index in [1.54, 1.807) is 0 Å². The molecule has 1 aromatic heterocycles. The molecule has 0 saturated carbocycles. The predicted molar refractivity (Wildman–Crippen MR) is 63.8 cm³/mol. The lowest BCUT2D eigenvalue weighted by Gasteiger charge is -2.06. The Labute approximate surface area is 107 Å². The molecule has 7 heteroatoms. The minimum absolute atomic E-state index is 0.0758. The molecule has 0 atom stereocenters. The van der Waals surface area contributed by atoms with Crippen LogP contribution >= 0.6 is 11.3 Å². The van der Waals surface area contributed by atoms with E-state index < -0.39 is 11.2 Å². The van der Waals surface area contributed by atoms with Crippen molar-refractivity contribution in [1.82, 2.24) is 10.3 Å². The van der Waals surface area contributed by atoms with Gasteiger partial charge in [0, 0.05) is 18.7 Å². The highest BCUT2D eigenvalue weighted by Crippen LogP contribution is 2.32. The molecule has 0 aliphatic rings. The lowest BCUT2D eigenvalue weighted by atomic mass is 10.2. The molecular formula is C11H15F3N2OS. The van der Waals surface area contributed by atoms with Crippen LogP contribution in [0.5, 0.6) is 0 Å². The van der Waals surface area contributed by atoms with Crippen LogP contribution in [-0.2, 0) is 6.18 Å². The summed E-state index contributed by atoms with van der Waals surface area (Å²) in [4.78, 5) is 14.9. The van der Waals surface area contributed by atoms with Crippen LogP contribution in [0.15, 0.2) is 6.20 Å². The molecule has 0 unspecified atom stereocenters. The Bertz CT molecular complexity index is 401. The van der Waals surface area contributed by atoms with Gasteiger partial charge < -0.3 is 5.32 Å². The number of carbonyl (C=O) groups excluding carboxylic acids is 1. The number of nitrogens with one attached hydrogen (secondary N) is 1. The molecule has 0 bridgehead atoms. The fraction of sp³-hybridized carbons (Fsp3) is 0.636. The van der Waals surface area contributed by atoms with Gasteiger partial charge in [0.25, 0.3) is 0 Å². The third-order valence-electron chi connectivity index (χ3n) is 2.16. The van der Waals surface area contributed by atoms with Crippen molar-refractivity contribution in [2.75, 3.05) is 6.54 Å². The standard InChI is InChI=1S/C11H15F3N2OS/c1-7(2)15-5-3-4-8(17)9-6-16-10(18-9)11(12,13)14/h6-7,15H,3-5H2,1-2H3. The van der Waals surface area contributed by atoms with Crippen molar-refractivity contribution in [2.45, 2.75) is 38.9 Å². The first-order valence-corrected chi connectivity index (χ1v) is 6.42. The number of Topliss-reactive ketones (excluding diaryl/α,β-unsaturated/α-hetero) is 1. The molecule has 0 spiro atoms. The topological polar surface area (TPSA) is 42.0 Å².